The zero-order chi connectivity index (χ0) is 14.7. The van der Waals surface area contributed by atoms with Crippen molar-refractivity contribution in [1.82, 2.24) is 10.2 Å². The van der Waals surface area contributed by atoms with E-state index in [9.17, 15) is 0 Å². The Bertz CT molecular complexity index is 718. The molecule has 0 atom stereocenters. The third-order valence-electron chi connectivity index (χ3n) is 3.57. The molecule has 0 aliphatic carbocycles. The van der Waals surface area contributed by atoms with Crippen molar-refractivity contribution in [2.45, 2.75) is 19.9 Å². The van der Waals surface area contributed by atoms with Crippen LogP contribution in [0.1, 0.15) is 18.9 Å². The van der Waals surface area contributed by atoms with Gasteiger partial charge in [-0.25, -0.2) is 0 Å². The minimum Gasteiger partial charge on any atom is -0.367 e. The molecule has 3 aromatic rings. The molecule has 4 heteroatoms. The van der Waals surface area contributed by atoms with Gasteiger partial charge in [0, 0.05) is 29.2 Å². The molecule has 0 aliphatic rings. The van der Waals surface area contributed by atoms with Gasteiger partial charge in [-0.15, -0.1) is 0 Å². The minimum atomic E-state index is 0.778. The Morgan fingerprint density at radius 2 is 1.95 bits per heavy atom. The van der Waals surface area contributed by atoms with Crippen molar-refractivity contribution in [2.24, 2.45) is 0 Å². The normalized spacial score (nSPS) is 11.0. The van der Waals surface area contributed by atoms with Crippen LogP contribution in [0.25, 0.3) is 10.9 Å². The first-order valence-corrected chi connectivity index (χ1v) is 7.56. The van der Waals surface area contributed by atoms with Crippen molar-refractivity contribution in [3.05, 3.63) is 59.2 Å². The highest BCUT2D eigenvalue weighted by molar-refractivity contribution is 6.30. The van der Waals surface area contributed by atoms with E-state index >= 15 is 0 Å². The van der Waals surface area contributed by atoms with Gasteiger partial charge in [0.2, 0.25) is 0 Å². The van der Waals surface area contributed by atoms with Gasteiger partial charge in [-0.1, -0.05) is 30.7 Å². The number of hydrogen-bond acceptors (Lipinski definition) is 2. The molecule has 0 bridgehead atoms. The van der Waals surface area contributed by atoms with Crippen LogP contribution in [0.15, 0.2) is 48.7 Å². The summed E-state index contributed by atoms with van der Waals surface area (Å²) in [5.41, 5.74) is 3.56. The Morgan fingerprint density at radius 1 is 1.14 bits per heavy atom. The number of aromatic nitrogens is 2. The van der Waals surface area contributed by atoms with Crippen molar-refractivity contribution < 1.29 is 0 Å². The molecule has 108 valence electrons. The fraction of sp³-hybridized carbons (Fsp3) is 0.235. The van der Waals surface area contributed by atoms with Gasteiger partial charge in [-0.2, -0.15) is 5.10 Å². The predicted octanol–water partition coefficient (Wildman–Crippen LogP) is 4.63. The van der Waals surface area contributed by atoms with Crippen LogP contribution < -0.4 is 4.90 Å². The van der Waals surface area contributed by atoms with Crippen molar-refractivity contribution in [1.29, 1.82) is 0 Å². The summed E-state index contributed by atoms with van der Waals surface area (Å²) < 4.78 is 0. The summed E-state index contributed by atoms with van der Waals surface area (Å²) in [6.07, 6.45) is 2.97. The van der Waals surface area contributed by atoms with E-state index in [0.717, 1.165) is 35.4 Å². The van der Waals surface area contributed by atoms with E-state index in [1.54, 1.807) is 0 Å². The van der Waals surface area contributed by atoms with Gasteiger partial charge in [0.1, 0.15) is 0 Å². The van der Waals surface area contributed by atoms with E-state index in [0.29, 0.717) is 0 Å². The maximum atomic E-state index is 5.96. The zero-order valence-corrected chi connectivity index (χ0v) is 12.8. The second kappa shape index (κ2) is 6.19. The van der Waals surface area contributed by atoms with E-state index in [4.69, 9.17) is 11.6 Å². The SMILES string of the molecule is CCCN(Cc1ccc(Cl)cc1)c1ccc2[nH]ncc2c1. The first-order chi connectivity index (χ1) is 10.3. The predicted molar refractivity (Wildman–Crippen MR) is 88.9 cm³/mol. The highest BCUT2D eigenvalue weighted by atomic mass is 35.5. The smallest absolute Gasteiger partial charge is 0.0651 e. The van der Waals surface area contributed by atoms with E-state index in [-0.39, 0.29) is 0 Å². The van der Waals surface area contributed by atoms with Crippen LogP contribution in [0.5, 0.6) is 0 Å². The van der Waals surface area contributed by atoms with Gasteiger partial charge in [-0.05, 0) is 42.3 Å². The third kappa shape index (κ3) is 3.19. The topological polar surface area (TPSA) is 31.9 Å². The summed E-state index contributed by atoms with van der Waals surface area (Å²) in [4.78, 5) is 2.38. The highest BCUT2D eigenvalue weighted by Crippen LogP contribution is 2.23. The first kappa shape index (κ1) is 14.0. The molecule has 1 N–H and O–H groups in total. The molecule has 0 radical (unpaired) electrons. The third-order valence-corrected chi connectivity index (χ3v) is 3.82. The first-order valence-electron chi connectivity index (χ1n) is 7.19. The maximum absolute atomic E-state index is 5.96. The molecule has 0 fully saturated rings. The van der Waals surface area contributed by atoms with Crippen LogP contribution in [0.2, 0.25) is 5.02 Å². The Morgan fingerprint density at radius 3 is 2.71 bits per heavy atom. The van der Waals surface area contributed by atoms with Crippen LogP contribution in [-0.2, 0) is 6.54 Å². The number of aromatic amines is 1. The maximum Gasteiger partial charge on any atom is 0.0651 e. The molecule has 3 nitrogen and oxygen atoms in total. The molecule has 21 heavy (non-hydrogen) atoms. The van der Waals surface area contributed by atoms with Gasteiger partial charge in [0.25, 0.3) is 0 Å². The lowest BCUT2D eigenvalue weighted by Gasteiger charge is -2.24. The number of H-pyrrole nitrogens is 1. The van der Waals surface area contributed by atoms with Crippen LogP contribution in [-0.4, -0.2) is 16.7 Å². The lowest BCUT2D eigenvalue weighted by Crippen LogP contribution is -2.23. The number of fused-ring (bicyclic) bond motifs is 1. The molecule has 3 rings (SSSR count). The van der Waals surface area contributed by atoms with Gasteiger partial charge < -0.3 is 4.90 Å². The summed E-state index contributed by atoms with van der Waals surface area (Å²) in [5, 5.41) is 9.00. The number of hydrogen-bond donors (Lipinski definition) is 1. The Kier molecular flexibility index (Phi) is 4.11. The lowest BCUT2D eigenvalue weighted by atomic mass is 10.1. The standard InChI is InChI=1S/C17H18ClN3/c1-2-9-21(12-13-3-5-15(18)6-4-13)16-7-8-17-14(10-16)11-19-20-17/h3-8,10-11H,2,9,12H2,1H3,(H,19,20). The number of nitrogens with zero attached hydrogens (tertiary/aromatic N) is 2. The molecule has 1 heterocycles. The molecular weight excluding hydrogens is 282 g/mol. The van der Waals surface area contributed by atoms with Gasteiger partial charge in [-0.3, -0.25) is 5.10 Å². The molecule has 0 saturated carbocycles. The van der Waals surface area contributed by atoms with Crippen LogP contribution >= 0.6 is 11.6 Å². The minimum absolute atomic E-state index is 0.778. The van der Waals surface area contributed by atoms with Crippen LogP contribution in [0.4, 0.5) is 5.69 Å². The molecule has 2 aromatic carbocycles. The van der Waals surface area contributed by atoms with Crippen molar-refractivity contribution in [3.63, 3.8) is 0 Å². The summed E-state index contributed by atoms with van der Waals surface area (Å²) >= 11 is 5.96. The molecule has 0 spiro atoms. The molecule has 0 saturated heterocycles. The van der Waals surface area contributed by atoms with Gasteiger partial charge >= 0.3 is 0 Å². The number of benzene rings is 2. The molecule has 0 aliphatic heterocycles. The number of rotatable bonds is 5. The summed E-state index contributed by atoms with van der Waals surface area (Å²) in [6, 6.07) is 14.5. The molecule has 0 amide bonds. The Balaban J connectivity index is 1.87. The molecule has 1 aromatic heterocycles. The van der Waals surface area contributed by atoms with Crippen molar-refractivity contribution in [2.75, 3.05) is 11.4 Å². The van der Waals surface area contributed by atoms with Crippen LogP contribution in [0.3, 0.4) is 0 Å². The number of halogens is 1. The van der Waals surface area contributed by atoms with E-state index in [2.05, 4.69) is 52.4 Å². The van der Waals surface area contributed by atoms with Crippen molar-refractivity contribution in [3.8, 4) is 0 Å². The number of nitrogens with one attached hydrogen (secondary N) is 1. The largest absolute Gasteiger partial charge is 0.367 e. The monoisotopic (exact) mass is 299 g/mol. The fourth-order valence-electron chi connectivity index (χ4n) is 2.51. The second-order valence-corrected chi connectivity index (χ2v) is 5.63. The Labute approximate surface area is 129 Å². The summed E-state index contributed by atoms with van der Waals surface area (Å²) in [6.45, 7) is 4.10. The fourth-order valence-corrected chi connectivity index (χ4v) is 2.63. The average molecular weight is 300 g/mol. The van der Waals surface area contributed by atoms with E-state index in [1.807, 2.05) is 18.3 Å². The second-order valence-electron chi connectivity index (χ2n) is 5.19. The highest BCUT2D eigenvalue weighted by Gasteiger charge is 2.08. The molecule has 0 unspecified atom stereocenters. The van der Waals surface area contributed by atoms with E-state index < -0.39 is 0 Å². The Hall–Kier alpha value is -2.00. The average Bonchev–Trinajstić information content (AvgIpc) is 2.96. The van der Waals surface area contributed by atoms with Gasteiger partial charge in [0.15, 0.2) is 0 Å². The lowest BCUT2D eigenvalue weighted by molar-refractivity contribution is 0.768. The quantitative estimate of drug-likeness (QED) is 0.744. The van der Waals surface area contributed by atoms with Crippen molar-refractivity contribution >= 4 is 28.2 Å². The van der Waals surface area contributed by atoms with Gasteiger partial charge in [0.05, 0.1) is 11.7 Å². The number of anilines is 1. The molecular formula is C17H18ClN3. The summed E-state index contributed by atoms with van der Waals surface area (Å²) in [7, 11) is 0. The van der Waals surface area contributed by atoms with E-state index in [1.165, 1.54) is 11.3 Å². The summed E-state index contributed by atoms with van der Waals surface area (Å²) in [5.74, 6) is 0. The van der Waals surface area contributed by atoms with Crippen LogP contribution in [0, 0.1) is 0 Å². The zero-order valence-electron chi connectivity index (χ0n) is 12.0.